The van der Waals surface area contributed by atoms with Crippen LogP contribution in [0.5, 0.6) is 0 Å². The van der Waals surface area contributed by atoms with E-state index in [0.717, 1.165) is 18.4 Å². The molecule has 4 heteroatoms. The molecule has 0 aromatic heterocycles. The van der Waals surface area contributed by atoms with E-state index in [1.54, 1.807) is 11.0 Å². The number of likely N-dealkylation sites (tertiary alicyclic amines) is 1. The molecule has 0 unspecified atom stereocenters. The summed E-state index contributed by atoms with van der Waals surface area (Å²) in [6.45, 7) is 9.09. The number of amides is 1. The van der Waals surface area contributed by atoms with E-state index in [4.69, 9.17) is 4.74 Å². The molecule has 1 amide bonds. The molecule has 4 nitrogen and oxygen atoms in total. The summed E-state index contributed by atoms with van der Waals surface area (Å²) < 4.78 is 5.43. The van der Waals surface area contributed by atoms with Crippen molar-refractivity contribution in [2.75, 3.05) is 0 Å². The van der Waals surface area contributed by atoms with Crippen molar-refractivity contribution in [3.8, 4) is 0 Å². The third-order valence-corrected chi connectivity index (χ3v) is 3.38. The summed E-state index contributed by atoms with van der Waals surface area (Å²) >= 11 is 0. The van der Waals surface area contributed by atoms with E-state index in [9.17, 15) is 9.59 Å². The molecule has 1 fully saturated rings. The molecule has 0 aromatic carbocycles. The standard InChI is InChI=1S/C15H21NO3/c1-5-6-12(17)16-11-8-7-10(9-11)13(16)14(18)19-15(2,3)4/h5,7,11,13H,1,6,8-9H2,2-4H3/t11-,13+/m1/s1. The van der Waals surface area contributed by atoms with Gasteiger partial charge in [0.1, 0.15) is 5.60 Å². The number of ether oxygens (including phenoxy) is 1. The zero-order valence-corrected chi connectivity index (χ0v) is 11.8. The van der Waals surface area contributed by atoms with Gasteiger partial charge in [-0.2, -0.15) is 0 Å². The van der Waals surface area contributed by atoms with Crippen LogP contribution in [0, 0.1) is 0 Å². The molecule has 0 aromatic rings. The van der Waals surface area contributed by atoms with Gasteiger partial charge in [-0.3, -0.25) is 4.79 Å². The van der Waals surface area contributed by atoms with Crippen molar-refractivity contribution in [3.63, 3.8) is 0 Å². The monoisotopic (exact) mass is 263 g/mol. The van der Waals surface area contributed by atoms with E-state index >= 15 is 0 Å². The number of carbonyl (C=O) groups excluding carboxylic acids is 2. The minimum atomic E-state index is -0.535. The van der Waals surface area contributed by atoms with Crippen LogP contribution in [0.2, 0.25) is 0 Å². The van der Waals surface area contributed by atoms with Gasteiger partial charge in [-0.25, -0.2) is 4.79 Å². The highest BCUT2D eigenvalue weighted by Crippen LogP contribution is 2.39. The highest BCUT2D eigenvalue weighted by atomic mass is 16.6. The summed E-state index contributed by atoms with van der Waals surface area (Å²) in [4.78, 5) is 26.1. The van der Waals surface area contributed by atoms with Crippen molar-refractivity contribution in [3.05, 3.63) is 24.3 Å². The lowest BCUT2D eigenvalue weighted by molar-refractivity contribution is -0.163. The predicted molar refractivity (Wildman–Crippen MR) is 72.4 cm³/mol. The summed E-state index contributed by atoms with van der Waals surface area (Å²) in [7, 11) is 0. The Morgan fingerprint density at radius 1 is 1.53 bits per heavy atom. The smallest absolute Gasteiger partial charge is 0.333 e. The van der Waals surface area contributed by atoms with Gasteiger partial charge in [0.15, 0.2) is 6.04 Å². The maximum absolute atomic E-state index is 12.3. The normalized spacial score (nSPS) is 25.2. The number of hydrogen-bond acceptors (Lipinski definition) is 3. The van der Waals surface area contributed by atoms with Crippen LogP contribution >= 0.6 is 0 Å². The van der Waals surface area contributed by atoms with Crippen molar-refractivity contribution < 1.29 is 14.3 Å². The van der Waals surface area contributed by atoms with Crippen LogP contribution in [0.25, 0.3) is 0 Å². The van der Waals surface area contributed by atoms with Crippen LogP contribution in [0.4, 0.5) is 0 Å². The Morgan fingerprint density at radius 2 is 2.21 bits per heavy atom. The lowest BCUT2D eigenvalue weighted by atomic mass is 10.1. The second-order valence-corrected chi connectivity index (χ2v) is 6.10. The van der Waals surface area contributed by atoms with E-state index in [0.29, 0.717) is 0 Å². The molecule has 1 saturated heterocycles. The molecule has 1 aliphatic heterocycles. The second-order valence-electron chi connectivity index (χ2n) is 6.10. The summed E-state index contributed by atoms with van der Waals surface area (Å²) in [5.74, 6) is -0.364. The fourth-order valence-corrected chi connectivity index (χ4v) is 2.75. The van der Waals surface area contributed by atoms with Crippen LogP contribution in [0.3, 0.4) is 0 Å². The average molecular weight is 263 g/mol. The zero-order valence-electron chi connectivity index (χ0n) is 11.8. The zero-order chi connectivity index (χ0) is 14.2. The minimum absolute atomic E-state index is 0.0426. The highest BCUT2D eigenvalue weighted by Gasteiger charge is 2.47. The average Bonchev–Trinajstić information content (AvgIpc) is 2.85. The van der Waals surface area contributed by atoms with E-state index in [1.165, 1.54) is 0 Å². The topological polar surface area (TPSA) is 46.6 Å². The minimum Gasteiger partial charge on any atom is -0.458 e. The molecule has 0 saturated carbocycles. The second kappa shape index (κ2) is 4.83. The Morgan fingerprint density at radius 3 is 2.79 bits per heavy atom. The van der Waals surface area contributed by atoms with Gasteiger partial charge in [0.05, 0.1) is 0 Å². The van der Waals surface area contributed by atoms with Crippen molar-refractivity contribution >= 4 is 11.9 Å². The van der Waals surface area contributed by atoms with Crippen LogP contribution in [0.15, 0.2) is 24.3 Å². The molecule has 2 atom stereocenters. The van der Waals surface area contributed by atoms with Gasteiger partial charge >= 0.3 is 5.97 Å². The van der Waals surface area contributed by atoms with Crippen molar-refractivity contribution in [1.82, 2.24) is 4.90 Å². The Bertz CT molecular complexity index is 445. The van der Waals surface area contributed by atoms with Crippen LogP contribution in [-0.4, -0.2) is 34.5 Å². The fourth-order valence-electron chi connectivity index (χ4n) is 2.75. The number of hydrogen-bond donors (Lipinski definition) is 0. The number of carbonyl (C=O) groups is 2. The number of rotatable bonds is 3. The summed E-state index contributed by atoms with van der Waals surface area (Å²) in [6.07, 6.45) is 5.55. The van der Waals surface area contributed by atoms with E-state index < -0.39 is 11.6 Å². The molecule has 0 radical (unpaired) electrons. The molecule has 2 rings (SSSR count). The third kappa shape index (κ3) is 2.72. The molecule has 2 aliphatic rings. The Labute approximate surface area is 114 Å². The first-order valence-corrected chi connectivity index (χ1v) is 6.67. The molecule has 19 heavy (non-hydrogen) atoms. The van der Waals surface area contributed by atoms with Gasteiger partial charge in [0.25, 0.3) is 0 Å². The van der Waals surface area contributed by atoms with Crippen LogP contribution in [0.1, 0.15) is 40.0 Å². The first-order chi connectivity index (χ1) is 8.83. The molecule has 0 N–H and O–H groups in total. The van der Waals surface area contributed by atoms with Crippen molar-refractivity contribution in [2.24, 2.45) is 0 Å². The Balaban J connectivity index is 2.19. The maximum atomic E-state index is 12.3. The lowest BCUT2D eigenvalue weighted by Gasteiger charge is -2.32. The number of nitrogens with zero attached hydrogens (tertiary/aromatic N) is 1. The number of fused-ring (bicyclic) bond motifs is 2. The SMILES string of the molecule is C=CCC(=O)N1[C@@H]2CC=C(C2)[C@H]1C(=O)OC(C)(C)C. The molecular weight excluding hydrogens is 242 g/mol. The van der Waals surface area contributed by atoms with Gasteiger partial charge in [-0.15, -0.1) is 6.58 Å². The summed E-state index contributed by atoms with van der Waals surface area (Å²) in [5, 5.41) is 0. The third-order valence-electron chi connectivity index (χ3n) is 3.38. The molecule has 0 spiro atoms. The Kier molecular flexibility index (Phi) is 3.52. The van der Waals surface area contributed by atoms with Gasteiger partial charge in [-0.1, -0.05) is 12.2 Å². The quantitative estimate of drug-likeness (QED) is 0.579. The van der Waals surface area contributed by atoms with Gasteiger partial charge in [0, 0.05) is 12.5 Å². The van der Waals surface area contributed by atoms with Gasteiger partial charge in [-0.05, 0) is 39.2 Å². The number of esters is 1. The molecule has 2 bridgehead atoms. The first-order valence-electron chi connectivity index (χ1n) is 6.67. The van der Waals surface area contributed by atoms with Crippen molar-refractivity contribution in [2.45, 2.75) is 57.7 Å². The first kappa shape index (κ1) is 13.8. The largest absolute Gasteiger partial charge is 0.458 e. The fraction of sp³-hybridized carbons (Fsp3) is 0.600. The molecule has 104 valence electrons. The molecule has 1 aliphatic carbocycles. The summed E-state index contributed by atoms with van der Waals surface area (Å²) in [5.41, 5.74) is 0.490. The van der Waals surface area contributed by atoms with Crippen LogP contribution < -0.4 is 0 Å². The highest BCUT2D eigenvalue weighted by molar-refractivity contribution is 5.89. The summed E-state index contributed by atoms with van der Waals surface area (Å²) in [6, 6.07) is -0.398. The van der Waals surface area contributed by atoms with Gasteiger partial charge in [0.2, 0.25) is 5.91 Å². The van der Waals surface area contributed by atoms with E-state index in [-0.39, 0.29) is 24.3 Å². The van der Waals surface area contributed by atoms with Crippen molar-refractivity contribution in [1.29, 1.82) is 0 Å². The lowest BCUT2D eigenvalue weighted by Crippen LogP contribution is -2.48. The molecule has 1 heterocycles. The predicted octanol–water partition coefficient (Wildman–Crippen LogP) is 2.20. The molecular formula is C15H21NO3. The van der Waals surface area contributed by atoms with E-state index in [1.807, 2.05) is 20.8 Å². The van der Waals surface area contributed by atoms with Crippen LogP contribution in [-0.2, 0) is 14.3 Å². The van der Waals surface area contributed by atoms with E-state index in [2.05, 4.69) is 12.7 Å². The van der Waals surface area contributed by atoms with Gasteiger partial charge < -0.3 is 9.64 Å². The maximum Gasteiger partial charge on any atom is 0.333 e. The Hall–Kier alpha value is -1.58.